The van der Waals surface area contributed by atoms with Gasteiger partial charge in [0.05, 0.1) is 0 Å². The van der Waals surface area contributed by atoms with Crippen LogP contribution >= 0.6 is 0 Å². The fraction of sp³-hybridized carbons (Fsp3) is 0.600. The van der Waals surface area contributed by atoms with E-state index in [0.29, 0.717) is 0 Å². The van der Waals surface area contributed by atoms with E-state index in [0.717, 1.165) is 0 Å². The zero-order chi connectivity index (χ0) is 5.98. The Labute approximate surface area is 46.9 Å². The third-order valence-corrected chi connectivity index (χ3v) is 0.850. The molecular formula is C5H7FO2. The highest BCUT2D eigenvalue weighted by Crippen LogP contribution is 2.07. The van der Waals surface area contributed by atoms with E-state index in [4.69, 9.17) is 0 Å². The second kappa shape index (κ2) is 2.03. The van der Waals surface area contributed by atoms with E-state index >= 15 is 0 Å². The maximum atomic E-state index is 12.1. The molecule has 1 aliphatic rings. The van der Waals surface area contributed by atoms with E-state index in [-0.39, 0.29) is 19.2 Å². The lowest BCUT2D eigenvalue weighted by atomic mass is 10.4. The van der Waals surface area contributed by atoms with E-state index < -0.39 is 6.17 Å². The highest BCUT2D eigenvalue weighted by molar-refractivity contribution is 4.74. The Morgan fingerprint density at radius 3 is 2.38 bits per heavy atom. The van der Waals surface area contributed by atoms with Crippen molar-refractivity contribution in [3.05, 3.63) is 12.5 Å². The minimum Gasteiger partial charge on any atom is -0.463 e. The SMILES string of the molecule is C=C1OCC(F)CO1. The van der Waals surface area contributed by atoms with Crippen LogP contribution in [0.4, 0.5) is 4.39 Å². The molecule has 0 aromatic rings. The van der Waals surface area contributed by atoms with Gasteiger partial charge in [0.2, 0.25) is 0 Å². The first-order chi connectivity index (χ1) is 3.79. The zero-order valence-corrected chi connectivity index (χ0v) is 4.39. The van der Waals surface area contributed by atoms with Crippen LogP contribution in [-0.2, 0) is 9.47 Å². The van der Waals surface area contributed by atoms with Crippen molar-refractivity contribution < 1.29 is 13.9 Å². The molecule has 0 bridgehead atoms. The highest BCUT2D eigenvalue weighted by atomic mass is 19.1. The highest BCUT2D eigenvalue weighted by Gasteiger charge is 2.14. The maximum absolute atomic E-state index is 12.1. The molecule has 0 N–H and O–H groups in total. The van der Waals surface area contributed by atoms with Gasteiger partial charge in [0.1, 0.15) is 13.2 Å². The number of ether oxygens (including phenoxy) is 2. The van der Waals surface area contributed by atoms with Gasteiger partial charge >= 0.3 is 0 Å². The zero-order valence-electron chi connectivity index (χ0n) is 4.39. The van der Waals surface area contributed by atoms with Crippen LogP contribution in [0.15, 0.2) is 12.5 Å². The van der Waals surface area contributed by atoms with Crippen LogP contribution in [0.2, 0.25) is 0 Å². The van der Waals surface area contributed by atoms with Crippen LogP contribution < -0.4 is 0 Å². The summed E-state index contributed by atoms with van der Waals surface area (Å²) in [5.41, 5.74) is 0. The Morgan fingerprint density at radius 1 is 1.50 bits per heavy atom. The molecule has 8 heavy (non-hydrogen) atoms. The van der Waals surface area contributed by atoms with Gasteiger partial charge in [-0.15, -0.1) is 0 Å². The van der Waals surface area contributed by atoms with E-state index in [2.05, 4.69) is 16.1 Å². The molecule has 1 fully saturated rings. The summed E-state index contributed by atoms with van der Waals surface area (Å²) in [5.74, 6) is 0.221. The van der Waals surface area contributed by atoms with Gasteiger partial charge in [-0.1, -0.05) is 0 Å². The van der Waals surface area contributed by atoms with Gasteiger partial charge in [-0.3, -0.25) is 0 Å². The van der Waals surface area contributed by atoms with Crippen molar-refractivity contribution in [2.24, 2.45) is 0 Å². The number of hydrogen-bond acceptors (Lipinski definition) is 2. The van der Waals surface area contributed by atoms with Crippen molar-refractivity contribution in [1.29, 1.82) is 0 Å². The first kappa shape index (κ1) is 5.41. The van der Waals surface area contributed by atoms with Crippen LogP contribution in [0.3, 0.4) is 0 Å². The number of alkyl halides is 1. The van der Waals surface area contributed by atoms with E-state index in [1.54, 1.807) is 0 Å². The molecular weight excluding hydrogens is 111 g/mol. The predicted octanol–water partition coefficient (Wildman–Crippen LogP) is 0.843. The average Bonchev–Trinajstić information content (AvgIpc) is 1.77. The normalized spacial score (nSPS) is 21.9. The summed E-state index contributed by atoms with van der Waals surface area (Å²) in [6.07, 6.45) is -0.986. The van der Waals surface area contributed by atoms with Crippen molar-refractivity contribution in [1.82, 2.24) is 0 Å². The average molecular weight is 118 g/mol. The van der Waals surface area contributed by atoms with E-state index in [9.17, 15) is 4.39 Å². The molecule has 3 heteroatoms. The Kier molecular flexibility index (Phi) is 1.37. The smallest absolute Gasteiger partial charge is 0.271 e. The summed E-state index contributed by atoms with van der Waals surface area (Å²) in [4.78, 5) is 0. The minimum absolute atomic E-state index is 0.0822. The maximum Gasteiger partial charge on any atom is 0.271 e. The molecule has 1 rings (SSSR count). The number of hydrogen-bond donors (Lipinski definition) is 0. The summed E-state index contributed by atoms with van der Waals surface area (Å²) < 4.78 is 21.3. The van der Waals surface area contributed by atoms with Gasteiger partial charge in [-0.25, -0.2) is 4.39 Å². The standard InChI is InChI=1S/C5H7FO2/c1-4-7-2-5(6)3-8-4/h5H,1-3H2. The monoisotopic (exact) mass is 118 g/mol. The molecule has 0 saturated carbocycles. The largest absolute Gasteiger partial charge is 0.463 e. The van der Waals surface area contributed by atoms with Crippen molar-refractivity contribution >= 4 is 0 Å². The lowest BCUT2D eigenvalue weighted by molar-refractivity contribution is -0.0589. The fourth-order valence-corrected chi connectivity index (χ4v) is 0.457. The van der Waals surface area contributed by atoms with Crippen molar-refractivity contribution in [2.45, 2.75) is 6.17 Å². The van der Waals surface area contributed by atoms with E-state index in [1.165, 1.54) is 0 Å². The van der Waals surface area contributed by atoms with Crippen molar-refractivity contribution in [3.8, 4) is 0 Å². The Hall–Kier alpha value is -0.730. The molecule has 1 heterocycles. The van der Waals surface area contributed by atoms with Gasteiger partial charge in [-0.05, 0) is 6.58 Å². The topological polar surface area (TPSA) is 18.5 Å². The second-order valence-corrected chi connectivity index (χ2v) is 1.59. The van der Waals surface area contributed by atoms with Crippen LogP contribution in [-0.4, -0.2) is 19.4 Å². The lowest BCUT2D eigenvalue weighted by Gasteiger charge is -2.18. The molecule has 1 saturated heterocycles. The molecule has 2 nitrogen and oxygen atoms in total. The van der Waals surface area contributed by atoms with E-state index in [1.807, 2.05) is 0 Å². The number of halogens is 1. The summed E-state index contributed by atoms with van der Waals surface area (Å²) >= 11 is 0. The first-order valence-electron chi connectivity index (χ1n) is 2.37. The molecule has 0 aromatic carbocycles. The van der Waals surface area contributed by atoms with Crippen molar-refractivity contribution in [3.63, 3.8) is 0 Å². The molecule has 0 atom stereocenters. The molecule has 0 spiro atoms. The third kappa shape index (κ3) is 1.12. The molecule has 0 unspecified atom stereocenters. The minimum atomic E-state index is -0.986. The molecule has 0 amide bonds. The molecule has 0 aromatic heterocycles. The van der Waals surface area contributed by atoms with Gasteiger partial charge < -0.3 is 9.47 Å². The summed E-state index contributed by atoms with van der Waals surface area (Å²) in [6, 6.07) is 0. The van der Waals surface area contributed by atoms with Crippen LogP contribution in [0.1, 0.15) is 0 Å². The summed E-state index contributed by atoms with van der Waals surface area (Å²) in [7, 11) is 0. The summed E-state index contributed by atoms with van der Waals surface area (Å²) in [5, 5.41) is 0. The third-order valence-electron chi connectivity index (χ3n) is 0.850. The molecule has 0 radical (unpaired) electrons. The van der Waals surface area contributed by atoms with Crippen molar-refractivity contribution in [2.75, 3.05) is 13.2 Å². The lowest BCUT2D eigenvalue weighted by Crippen LogP contribution is -2.23. The van der Waals surface area contributed by atoms with Gasteiger partial charge in [0, 0.05) is 0 Å². The Morgan fingerprint density at radius 2 is 2.00 bits per heavy atom. The van der Waals surface area contributed by atoms with Gasteiger partial charge in [0.15, 0.2) is 6.17 Å². The molecule has 1 aliphatic heterocycles. The summed E-state index contributed by atoms with van der Waals surface area (Å²) in [6.45, 7) is 3.50. The van der Waals surface area contributed by atoms with Crippen LogP contribution in [0.5, 0.6) is 0 Å². The fourth-order valence-electron chi connectivity index (χ4n) is 0.457. The first-order valence-corrected chi connectivity index (χ1v) is 2.37. The predicted molar refractivity (Wildman–Crippen MR) is 25.9 cm³/mol. The Bertz CT molecular complexity index is 92.6. The van der Waals surface area contributed by atoms with Crippen LogP contribution in [0.25, 0.3) is 0 Å². The quantitative estimate of drug-likeness (QED) is 0.469. The number of rotatable bonds is 0. The second-order valence-electron chi connectivity index (χ2n) is 1.59. The van der Waals surface area contributed by atoms with Gasteiger partial charge in [-0.2, -0.15) is 0 Å². The Balaban J connectivity index is 2.29. The van der Waals surface area contributed by atoms with Crippen LogP contribution in [0, 0.1) is 0 Å². The van der Waals surface area contributed by atoms with Gasteiger partial charge in [0.25, 0.3) is 5.95 Å². The molecule has 0 aliphatic carbocycles. The molecule has 46 valence electrons.